The third-order valence-electron chi connectivity index (χ3n) is 5.12. The second-order valence-corrected chi connectivity index (χ2v) is 7.14. The number of rotatable bonds is 2. The highest BCUT2D eigenvalue weighted by Crippen LogP contribution is 2.49. The van der Waals surface area contributed by atoms with Gasteiger partial charge in [-0.05, 0) is 32.1 Å². The molecule has 0 aliphatic heterocycles. The minimum absolute atomic E-state index is 0.0681. The summed E-state index contributed by atoms with van der Waals surface area (Å²) >= 11 is 0. The number of carbonyl (C=O) groups is 1. The van der Waals surface area contributed by atoms with Crippen LogP contribution >= 0.6 is 0 Å². The van der Waals surface area contributed by atoms with Gasteiger partial charge in [-0.3, -0.25) is 9.48 Å². The van der Waals surface area contributed by atoms with Crippen molar-refractivity contribution >= 4 is 5.78 Å². The predicted molar refractivity (Wildman–Crippen MR) is 81.8 cm³/mol. The zero-order valence-electron chi connectivity index (χ0n) is 13.5. The van der Waals surface area contributed by atoms with Gasteiger partial charge < -0.3 is 4.52 Å². The third kappa shape index (κ3) is 1.96. The Morgan fingerprint density at radius 1 is 1.52 bits per heavy atom. The molecule has 2 aliphatic carbocycles. The number of nitriles is 1. The molecule has 1 fully saturated rings. The summed E-state index contributed by atoms with van der Waals surface area (Å²) in [4.78, 5) is 11.7. The van der Waals surface area contributed by atoms with Gasteiger partial charge in [0.15, 0.2) is 17.2 Å². The summed E-state index contributed by atoms with van der Waals surface area (Å²) in [6, 6.07) is 2.63. The lowest BCUT2D eigenvalue weighted by molar-refractivity contribution is 0.100. The van der Waals surface area contributed by atoms with Crippen molar-refractivity contribution < 1.29 is 9.32 Å². The molecule has 4 rings (SSSR count). The van der Waals surface area contributed by atoms with Gasteiger partial charge in [-0.1, -0.05) is 12.1 Å². The fraction of sp³-hybridized carbons (Fsp3) is 0.529. The summed E-state index contributed by atoms with van der Waals surface area (Å²) < 4.78 is 7.44. The van der Waals surface area contributed by atoms with E-state index in [1.54, 1.807) is 0 Å². The average Bonchev–Trinajstić information content (AvgIpc) is 3.07. The van der Waals surface area contributed by atoms with E-state index in [0.717, 1.165) is 36.1 Å². The largest absolute Gasteiger partial charge is 0.355 e. The van der Waals surface area contributed by atoms with Crippen LogP contribution in [-0.2, 0) is 6.42 Å². The molecule has 2 heterocycles. The number of hydrogen-bond donors (Lipinski definition) is 0. The fourth-order valence-electron chi connectivity index (χ4n) is 3.81. The van der Waals surface area contributed by atoms with E-state index >= 15 is 0 Å². The number of carbonyl (C=O) groups excluding carboxylic acids is 1. The van der Waals surface area contributed by atoms with Crippen molar-refractivity contribution in [2.24, 2.45) is 5.41 Å². The van der Waals surface area contributed by atoms with Crippen LogP contribution in [0.2, 0.25) is 0 Å². The van der Waals surface area contributed by atoms with Crippen LogP contribution in [0.15, 0.2) is 10.7 Å². The van der Waals surface area contributed by atoms with E-state index in [1.165, 1.54) is 6.92 Å². The van der Waals surface area contributed by atoms with Gasteiger partial charge >= 0.3 is 0 Å². The van der Waals surface area contributed by atoms with E-state index in [4.69, 9.17) is 14.9 Å². The Hall–Kier alpha value is -2.42. The van der Waals surface area contributed by atoms with E-state index in [0.29, 0.717) is 11.5 Å². The molecule has 1 atom stereocenters. The van der Waals surface area contributed by atoms with Crippen LogP contribution in [0.25, 0.3) is 11.3 Å². The molecule has 2 aromatic rings. The second kappa shape index (κ2) is 4.54. The Morgan fingerprint density at radius 2 is 2.26 bits per heavy atom. The van der Waals surface area contributed by atoms with Gasteiger partial charge in [0.05, 0.1) is 28.8 Å². The van der Waals surface area contributed by atoms with Gasteiger partial charge in [-0.25, -0.2) is 0 Å². The molecule has 23 heavy (non-hydrogen) atoms. The van der Waals surface area contributed by atoms with Crippen LogP contribution in [0.4, 0.5) is 0 Å². The van der Waals surface area contributed by atoms with Crippen LogP contribution in [0, 0.1) is 16.7 Å². The molecule has 0 radical (unpaired) electrons. The van der Waals surface area contributed by atoms with E-state index < -0.39 is 0 Å². The molecule has 1 saturated carbocycles. The van der Waals surface area contributed by atoms with E-state index in [1.807, 2.05) is 17.8 Å². The molecule has 6 nitrogen and oxygen atoms in total. The summed E-state index contributed by atoms with van der Waals surface area (Å²) in [5.74, 6) is 0.774. The Morgan fingerprint density at radius 3 is 2.91 bits per heavy atom. The lowest BCUT2D eigenvalue weighted by atomic mass is 9.68. The Balaban J connectivity index is 1.72. The quantitative estimate of drug-likeness (QED) is 0.795. The maximum absolute atomic E-state index is 11.7. The standard InChI is InChI=1S/C17H18N4O2/c1-9-4-13-12(16-14(9)15(10(2)22)20-23-16)7-21(19-13)11-5-17(3,6-11)8-18/h7,9,11H,4-6H2,1-3H3. The molecule has 2 aliphatic rings. The lowest BCUT2D eigenvalue weighted by Gasteiger charge is -2.39. The van der Waals surface area contributed by atoms with Crippen molar-refractivity contribution in [2.45, 2.75) is 52.0 Å². The van der Waals surface area contributed by atoms with E-state index in [9.17, 15) is 4.79 Å². The molecule has 0 spiro atoms. The van der Waals surface area contributed by atoms with Crippen LogP contribution < -0.4 is 0 Å². The first-order chi connectivity index (χ1) is 10.9. The van der Waals surface area contributed by atoms with Gasteiger partial charge in [-0.2, -0.15) is 10.4 Å². The minimum atomic E-state index is -0.233. The first-order valence-corrected chi connectivity index (χ1v) is 7.92. The number of Topliss-reactive ketones (excluding diaryl/α,β-unsaturated/α-hetero) is 1. The van der Waals surface area contributed by atoms with Crippen molar-refractivity contribution in [3.05, 3.63) is 23.1 Å². The molecule has 1 unspecified atom stereocenters. The molecule has 0 saturated heterocycles. The molecule has 118 valence electrons. The minimum Gasteiger partial charge on any atom is -0.355 e. The highest BCUT2D eigenvalue weighted by molar-refractivity contribution is 5.95. The maximum atomic E-state index is 11.7. The molecule has 0 bridgehead atoms. The van der Waals surface area contributed by atoms with Crippen molar-refractivity contribution in [2.75, 3.05) is 0 Å². The van der Waals surface area contributed by atoms with Crippen LogP contribution in [0.5, 0.6) is 0 Å². The zero-order valence-corrected chi connectivity index (χ0v) is 13.5. The summed E-state index contributed by atoms with van der Waals surface area (Å²) in [6.07, 6.45) is 4.40. The second-order valence-electron chi connectivity index (χ2n) is 7.14. The summed E-state index contributed by atoms with van der Waals surface area (Å²) in [6.45, 7) is 5.57. The predicted octanol–water partition coefficient (Wildman–Crippen LogP) is 3.27. The molecule has 0 N–H and O–H groups in total. The number of fused-ring (bicyclic) bond motifs is 3. The van der Waals surface area contributed by atoms with E-state index in [-0.39, 0.29) is 23.2 Å². The maximum Gasteiger partial charge on any atom is 0.181 e. The molecule has 6 heteroatoms. The van der Waals surface area contributed by atoms with Gasteiger partial charge in [0.1, 0.15) is 0 Å². The van der Waals surface area contributed by atoms with Crippen molar-refractivity contribution in [3.63, 3.8) is 0 Å². The first kappa shape index (κ1) is 14.2. The van der Waals surface area contributed by atoms with Gasteiger partial charge in [-0.15, -0.1) is 0 Å². The smallest absolute Gasteiger partial charge is 0.181 e. The Kier molecular flexibility index (Phi) is 2.80. The monoisotopic (exact) mass is 310 g/mol. The summed E-state index contributed by atoms with van der Waals surface area (Å²) in [5.41, 5.74) is 3.03. The van der Waals surface area contributed by atoms with Gasteiger partial charge in [0.25, 0.3) is 0 Å². The SMILES string of the molecule is CC(=O)c1noc2c1C(C)Cc1nn(C3CC(C)(C#N)C3)cc1-2. The zero-order chi connectivity index (χ0) is 16.4. The highest BCUT2D eigenvalue weighted by Gasteiger charge is 2.43. The van der Waals surface area contributed by atoms with Gasteiger partial charge in [0.2, 0.25) is 0 Å². The highest BCUT2D eigenvalue weighted by atomic mass is 16.5. The number of hydrogen-bond acceptors (Lipinski definition) is 5. The lowest BCUT2D eigenvalue weighted by Crippen LogP contribution is -2.35. The molecule has 2 aromatic heterocycles. The molecule has 0 aromatic carbocycles. The first-order valence-electron chi connectivity index (χ1n) is 7.92. The Bertz CT molecular complexity index is 849. The third-order valence-corrected chi connectivity index (χ3v) is 5.12. The Labute approximate surface area is 134 Å². The van der Waals surface area contributed by atoms with Crippen molar-refractivity contribution in [3.8, 4) is 17.4 Å². The van der Waals surface area contributed by atoms with E-state index in [2.05, 4.69) is 18.1 Å². The molecular weight excluding hydrogens is 292 g/mol. The topological polar surface area (TPSA) is 84.7 Å². The van der Waals surface area contributed by atoms with Crippen LogP contribution in [0.3, 0.4) is 0 Å². The summed E-state index contributed by atoms with van der Waals surface area (Å²) in [7, 11) is 0. The van der Waals surface area contributed by atoms with Crippen LogP contribution in [0.1, 0.15) is 67.3 Å². The normalized spacial score (nSPS) is 28.4. The summed E-state index contributed by atoms with van der Waals surface area (Å²) in [5, 5.41) is 17.8. The fourth-order valence-corrected chi connectivity index (χ4v) is 3.81. The number of aromatic nitrogens is 3. The van der Waals surface area contributed by atoms with Crippen molar-refractivity contribution in [1.82, 2.24) is 14.9 Å². The number of ketones is 1. The molecule has 0 amide bonds. The average molecular weight is 310 g/mol. The molecular formula is C17H18N4O2. The van der Waals surface area contributed by atoms with Gasteiger partial charge in [0, 0.05) is 18.7 Å². The van der Waals surface area contributed by atoms with Crippen LogP contribution in [-0.4, -0.2) is 20.7 Å². The van der Waals surface area contributed by atoms with Crippen molar-refractivity contribution in [1.29, 1.82) is 5.26 Å². The number of nitrogens with zero attached hydrogens (tertiary/aromatic N) is 4.